The molecule has 0 atom stereocenters. The van der Waals surface area contributed by atoms with Gasteiger partial charge in [-0.25, -0.2) is 4.79 Å². The van der Waals surface area contributed by atoms with E-state index < -0.39 is 11.9 Å². The van der Waals surface area contributed by atoms with Gasteiger partial charge in [0.05, 0.1) is 19.3 Å². The smallest absolute Gasteiger partial charge is 0.337 e. The van der Waals surface area contributed by atoms with E-state index in [0.29, 0.717) is 23.4 Å². The average molecular weight is 386 g/mol. The monoisotopic (exact) mass is 386 g/mol. The molecular formula is C20H22N2O4S. The highest BCUT2D eigenvalue weighted by atomic mass is 32.1. The molecule has 0 aliphatic rings. The molecule has 27 heavy (non-hydrogen) atoms. The number of carbonyl (C=O) groups excluding carboxylic acids is 2. The number of benzene rings is 2. The Kier molecular flexibility index (Phi) is 7.76. The zero-order valence-corrected chi connectivity index (χ0v) is 16.1. The fourth-order valence-electron chi connectivity index (χ4n) is 2.24. The highest BCUT2D eigenvalue weighted by molar-refractivity contribution is 7.80. The second-order valence-corrected chi connectivity index (χ2v) is 6.12. The van der Waals surface area contributed by atoms with Crippen molar-refractivity contribution < 1.29 is 19.1 Å². The minimum absolute atomic E-state index is 0.147. The van der Waals surface area contributed by atoms with Gasteiger partial charge in [-0.3, -0.25) is 10.1 Å². The third-order valence-corrected chi connectivity index (χ3v) is 3.84. The lowest BCUT2D eigenvalue weighted by molar-refractivity contribution is 0.0600. The third-order valence-electron chi connectivity index (χ3n) is 3.63. The summed E-state index contributed by atoms with van der Waals surface area (Å²) < 4.78 is 10.3. The Hall–Kier alpha value is -2.93. The lowest BCUT2D eigenvalue weighted by atomic mass is 10.1. The molecule has 0 bridgehead atoms. The van der Waals surface area contributed by atoms with Crippen LogP contribution in [0.3, 0.4) is 0 Å². The molecule has 1 amide bonds. The Morgan fingerprint density at radius 2 is 1.81 bits per heavy atom. The van der Waals surface area contributed by atoms with Crippen LogP contribution in [0.25, 0.3) is 0 Å². The molecule has 2 rings (SSSR count). The number of nitrogens with one attached hydrogen (secondary N) is 2. The molecule has 6 nitrogen and oxygen atoms in total. The molecule has 2 aromatic carbocycles. The number of rotatable bonds is 7. The van der Waals surface area contributed by atoms with Crippen molar-refractivity contribution >= 4 is 34.9 Å². The maximum Gasteiger partial charge on any atom is 0.337 e. The largest absolute Gasteiger partial charge is 0.494 e. The van der Waals surface area contributed by atoms with E-state index in [1.165, 1.54) is 13.2 Å². The van der Waals surface area contributed by atoms with Crippen LogP contribution in [-0.4, -0.2) is 30.7 Å². The number of anilines is 1. The van der Waals surface area contributed by atoms with E-state index in [1.54, 1.807) is 18.2 Å². The van der Waals surface area contributed by atoms with Crippen LogP contribution in [0.5, 0.6) is 5.75 Å². The molecule has 0 radical (unpaired) electrons. The Morgan fingerprint density at radius 1 is 1.07 bits per heavy atom. The number of thiocarbonyl (C=S) groups is 1. The summed E-state index contributed by atoms with van der Waals surface area (Å²) >= 11 is 5.19. The maximum absolute atomic E-state index is 12.3. The zero-order chi connectivity index (χ0) is 19.6. The standard InChI is InChI=1S/C20H22N2O4S/c1-3-4-11-26-17-10-6-9-16(13-17)21-20(27)22-18(23)14-7-5-8-15(12-14)19(24)25-2/h5-10,12-13H,3-4,11H2,1-2H3,(H2,21,22,23,27). The summed E-state index contributed by atoms with van der Waals surface area (Å²) in [5, 5.41) is 5.69. The van der Waals surface area contributed by atoms with Crippen molar-refractivity contribution in [2.45, 2.75) is 19.8 Å². The van der Waals surface area contributed by atoms with E-state index in [0.717, 1.165) is 18.6 Å². The van der Waals surface area contributed by atoms with Crippen LogP contribution >= 0.6 is 12.2 Å². The van der Waals surface area contributed by atoms with Gasteiger partial charge in [0.25, 0.3) is 5.91 Å². The molecule has 2 aromatic rings. The first kappa shape index (κ1) is 20.4. The van der Waals surface area contributed by atoms with Gasteiger partial charge in [0.1, 0.15) is 5.75 Å². The first-order valence-electron chi connectivity index (χ1n) is 8.57. The molecule has 142 valence electrons. The predicted octanol–water partition coefficient (Wildman–Crippen LogP) is 3.78. The van der Waals surface area contributed by atoms with E-state index >= 15 is 0 Å². The van der Waals surface area contributed by atoms with E-state index in [9.17, 15) is 9.59 Å². The van der Waals surface area contributed by atoms with Crippen LogP contribution in [0.15, 0.2) is 48.5 Å². The van der Waals surface area contributed by atoms with Gasteiger partial charge < -0.3 is 14.8 Å². The Labute approximate surface area is 163 Å². The van der Waals surface area contributed by atoms with E-state index in [-0.39, 0.29) is 5.11 Å². The molecule has 0 spiro atoms. The van der Waals surface area contributed by atoms with Gasteiger partial charge in [-0.1, -0.05) is 25.5 Å². The van der Waals surface area contributed by atoms with Crippen LogP contribution in [0.1, 0.15) is 40.5 Å². The Balaban J connectivity index is 1.96. The van der Waals surface area contributed by atoms with Crippen molar-refractivity contribution in [3.8, 4) is 5.75 Å². The lowest BCUT2D eigenvalue weighted by Crippen LogP contribution is -2.34. The normalized spacial score (nSPS) is 10.0. The topological polar surface area (TPSA) is 76.7 Å². The number of carbonyl (C=O) groups is 2. The molecule has 0 saturated carbocycles. The summed E-state index contributed by atoms with van der Waals surface area (Å²) in [4.78, 5) is 23.9. The van der Waals surface area contributed by atoms with Crippen molar-refractivity contribution in [2.75, 3.05) is 19.0 Å². The van der Waals surface area contributed by atoms with Crippen molar-refractivity contribution in [3.63, 3.8) is 0 Å². The summed E-state index contributed by atoms with van der Waals surface area (Å²) in [5.41, 5.74) is 1.30. The van der Waals surface area contributed by atoms with Crippen molar-refractivity contribution in [3.05, 3.63) is 59.7 Å². The number of unbranched alkanes of at least 4 members (excludes halogenated alkanes) is 1. The first-order chi connectivity index (χ1) is 13.0. The van der Waals surface area contributed by atoms with E-state index in [2.05, 4.69) is 22.3 Å². The summed E-state index contributed by atoms with van der Waals surface area (Å²) in [6.07, 6.45) is 2.04. The minimum Gasteiger partial charge on any atom is -0.494 e. The second kappa shape index (κ2) is 10.3. The summed E-state index contributed by atoms with van der Waals surface area (Å²) in [6.45, 7) is 2.75. The third kappa shape index (κ3) is 6.38. The molecule has 0 fully saturated rings. The fraction of sp³-hybridized carbons (Fsp3) is 0.250. The SMILES string of the molecule is CCCCOc1cccc(NC(=S)NC(=O)c2cccc(C(=O)OC)c2)c1. The molecular weight excluding hydrogens is 364 g/mol. The summed E-state index contributed by atoms with van der Waals surface area (Å²) in [7, 11) is 1.29. The number of hydrogen-bond acceptors (Lipinski definition) is 5. The molecule has 0 saturated heterocycles. The van der Waals surface area contributed by atoms with Gasteiger partial charge in [-0.15, -0.1) is 0 Å². The molecule has 0 aromatic heterocycles. The zero-order valence-electron chi connectivity index (χ0n) is 15.3. The number of esters is 1. The molecule has 2 N–H and O–H groups in total. The van der Waals surface area contributed by atoms with Crippen molar-refractivity contribution in [1.29, 1.82) is 0 Å². The van der Waals surface area contributed by atoms with Gasteiger partial charge in [0.15, 0.2) is 5.11 Å². The summed E-state index contributed by atoms with van der Waals surface area (Å²) in [5.74, 6) is -0.202. The number of amides is 1. The lowest BCUT2D eigenvalue weighted by Gasteiger charge is -2.11. The first-order valence-corrected chi connectivity index (χ1v) is 8.98. The Bertz CT molecular complexity index is 823. The maximum atomic E-state index is 12.3. The summed E-state index contributed by atoms with van der Waals surface area (Å²) in [6, 6.07) is 13.6. The van der Waals surface area contributed by atoms with Gasteiger partial charge in [0.2, 0.25) is 0 Å². The molecule has 7 heteroatoms. The van der Waals surface area contributed by atoms with Crippen LogP contribution in [-0.2, 0) is 4.74 Å². The molecule has 0 unspecified atom stereocenters. The molecule has 0 aliphatic carbocycles. The Morgan fingerprint density at radius 3 is 2.56 bits per heavy atom. The molecule has 0 heterocycles. The van der Waals surface area contributed by atoms with Crippen LogP contribution in [0.2, 0.25) is 0 Å². The average Bonchev–Trinajstić information content (AvgIpc) is 2.68. The highest BCUT2D eigenvalue weighted by Crippen LogP contribution is 2.17. The fourth-order valence-corrected chi connectivity index (χ4v) is 2.45. The van der Waals surface area contributed by atoms with Crippen LogP contribution in [0, 0.1) is 0 Å². The predicted molar refractivity (Wildman–Crippen MR) is 108 cm³/mol. The van der Waals surface area contributed by atoms with Gasteiger partial charge >= 0.3 is 5.97 Å². The quantitative estimate of drug-likeness (QED) is 0.428. The number of ether oxygens (including phenoxy) is 2. The van der Waals surface area contributed by atoms with Gasteiger partial charge in [-0.2, -0.15) is 0 Å². The minimum atomic E-state index is -0.509. The molecule has 0 aliphatic heterocycles. The number of methoxy groups -OCH3 is 1. The highest BCUT2D eigenvalue weighted by Gasteiger charge is 2.12. The van der Waals surface area contributed by atoms with Crippen molar-refractivity contribution in [1.82, 2.24) is 5.32 Å². The second-order valence-electron chi connectivity index (χ2n) is 5.71. The van der Waals surface area contributed by atoms with Crippen molar-refractivity contribution in [2.24, 2.45) is 0 Å². The van der Waals surface area contributed by atoms with E-state index in [1.807, 2.05) is 24.3 Å². The van der Waals surface area contributed by atoms with Crippen LogP contribution < -0.4 is 15.4 Å². The van der Waals surface area contributed by atoms with E-state index in [4.69, 9.17) is 17.0 Å². The number of hydrogen-bond donors (Lipinski definition) is 2. The van der Waals surface area contributed by atoms with Gasteiger partial charge in [-0.05, 0) is 49.0 Å². The van der Waals surface area contributed by atoms with Gasteiger partial charge in [0, 0.05) is 17.3 Å². The van der Waals surface area contributed by atoms with Crippen LogP contribution in [0.4, 0.5) is 5.69 Å².